The Labute approximate surface area is 86.5 Å². The summed E-state index contributed by atoms with van der Waals surface area (Å²) in [6, 6.07) is 8.16. The van der Waals surface area contributed by atoms with Crippen molar-refractivity contribution in [3.8, 4) is 12.3 Å². The summed E-state index contributed by atoms with van der Waals surface area (Å²) in [5.74, 6) is 2.62. The first-order valence-corrected chi connectivity index (χ1v) is 4.82. The maximum atomic E-state index is 5.29. The molecule has 0 amide bonds. The van der Waals surface area contributed by atoms with Gasteiger partial charge in [0.05, 0.1) is 0 Å². The zero-order chi connectivity index (χ0) is 10.6. The lowest BCUT2D eigenvalue weighted by Gasteiger charge is -2.23. The Bertz CT molecular complexity index is 327. The number of rotatable bonds is 3. The van der Waals surface area contributed by atoms with Gasteiger partial charge in [-0.1, -0.05) is 18.1 Å². The molecular weight excluding hydrogens is 170 g/mol. The Hall–Kier alpha value is -1.26. The summed E-state index contributed by atoms with van der Waals surface area (Å²) in [4.78, 5) is 0. The van der Waals surface area contributed by atoms with Crippen LogP contribution >= 0.6 is 0 Å². The second-order valence-electron chi connectivity index (χ2n) is 4.15. The van der Waals surface area contributed by atoms with Gasteiger partial charge in [-0.05, 0) is 45.0 Å². The first-order chi connectivity index (χ1) is 6.57. The summed E-state index contributed by atoms with van der Waals surface area (Å²) >= 11 is 0. The van der Waals surface area contributed by atoms with Gasteiger partial charge in [0.15, 0.2) is 0 Å². The molecule has 0 aliphatic rings. The fourth-order valence-electron chi connectivity index (χ4n) is 1.32. The number of nitrogens with one attached hydrogen (secondary N) is 1. The van der Waals surface area contributed by atoms with Crippen LogP contribution in [0, 0.1) is 12.3 Å². The van der Waals surface area contributed by atoms with Gasteiger partial charge in [0, 0.05) is 11.1 Å². The summed E-state index contributed by atoms with van der Waals surface area (Å²) in [5.41, 5.74) is 2.39. The van der Waals surface area contributed by atoms with Crippen molar-refractivity contribution in [1.29, 1.82) is 0 Å². The fourth-order valence-corrected chi connectivity index (χ4v) is 1.32. The molecule has 1 aromatic carbocycles. The van der Waals surface area contributed by atoms with Gasteiger partial charge < -0.3 is 5.32 Å². The van der Waals surface area contributed by atoms with E-state index in [9.17, 15) is 0 Å². The second-order valence-corrected chi connectivity index (χ2v) is 4.15. The quantitative estimate of drug-likeness (QED) is 0.715. The predicted molar refractivity (Wildman–Crippen MR) is 61.2 cm³/mol. The van der Waals surface area contributed by atoms with Crippen LogP contribution in [0.5, 0.6) is 0 Å². The number of hydrogen-bond acceptors (Lipinski definition) is 1. The van der Waals surface area contributed by atoms with E-state index in [-0.39, 0.29) is 5.54 Å². The molecule has 0 radical (unpaired) electrons. The van der Waals surface area contributed by atoms with Crippen LogP contribution in [0.15, 0.2) is 24.3 Å². The second kappa shape index (κ2) is 4.30. The van der Waals surface area contributed by atoms with Crippen LogP contribution in [0.25, 0.3) is 0 Å². The van der Waals surface area contributed by atoms with Crippen LogP contribution in [0.2, 0.25) is 0 Å². The van der Waals surface area contributed by atoms with Gasteiger partial charge in [-0.15, -0.1) is 6.42 Å². The molecule has 0 bridgehead atoms. The highest BCUT2D eigenvalue weighted by Gasteiger charge is 2.14. The van der Waals surface area contributed by atoms with Crippen molar-refractivity contribution in [2.24, 2.45) is 0 Å². The van der Waals surface area contributed by atoms with Crippen LogP contribution < -0.4 is 5.32 Å². The van der Waals surface area contributed by atoms with E-state index in [0.29, 0.717) is 0 Å². The van der Waals surface area contributed by atoms with E-state index in [1.807, 2.05) is 19.2 Å². The molecule has 0 aliphatic carbocycles. The molecule has 0 heterocycles. The summed E-state index contributed by atoms with van der Waals surface area (Å²) in [5, 5.41) is 3.28. The molecule has 0 unspecified atom stereocenters. The average molecular weight is 187 g/mol. The highest BCUT2D eigenvalue weighted by molar-refractivity contribution is 5.34. The van der Waals surface area contributed by atoms with Crippen LogP contribution in [-0.2, 0) is 6.42 Å². The standard InChI is InChI=1S/C13H17N/c1-5-11-6-8-12(9-7-11)10-13(2,3)14-4/h1,6-9,14H,10H2,2-4H3. The molecule has 0 aromatic heterocycles. The SMILES string of the molecule is C#Cc1ccc(CC(C)(C)NC)cc1. The number of hydrogen-bond donors (Lipinski definition) is 1. The third-order valence-corrected chi connectivity index (χ3v) is 2.44. The highest BCUT2D eigenvalue weighted by atomic mass is 14.9. The summed E-state index contributed by atoms with van der Waals surface area (Å²) in [7, 11) is 1.98. The third kappa shape index (κ3) is 2.90. The van der Waals surface area contributed by atoms with Gasteiger partial charge in [-0.3, -0.25) is 0 Å². The Kier molecular flexibility index (Phi) is 3.33. The van der Waals surface area contributed by atoms with Crippen LogP contribution in [0.4, 0.5) is 0 Å². The van der Waals surface area contributed by atoms with Crippen molar-refractivity contribution < 1.29 is 0 Å². The molecule has 0 atom stereocenters. The van der Waals surface area contributed by atoms with Gasteiger partial charge in [-0.2, -0.15) is 0 Å². The maximum Gasteiger partial charge on any atom is 0.0242 e. The molecular formula is C13H17N. The maximum absolute atomic E-state index is 5.29. The van der Waals surface area contributed by atoms with Crippen LogP contribution in [-0.4, -0.2) is 12.6 Å². The number of likely N-dealkylation sites (N-methyl/N-ethyl adjacent to an activating group) is 1. The molecule has 0 fully saturated rings. The largest absolute Gasteiger partial charge is 0.314 e. The van der Waals surface area contributed by atoms with E-state index in [0.717, 1.165) is 12.0 Å². The highest BCUT2D eigenvalue weighted by Crippen LogP contribution is 2.12. The van der Waals surface area contributed by atoms with Crippen molar-refractivity contribution in [2.75, 3.05) is 7.05 Å². The lowest BCUT2D eigenvalue weighted by molar-refractivity contribution is 0.422. The monoisotopic (exact) mass is 187 g/mol. The Morgan fingerprint density at radius 2 is 1.86 bits per heavy atom. The van der Waals surface area contributed by atoms with Crippen molar-refractivity contribution >= 4 is 0 Å². The van der Waals surface area contributed by atoms with E-state index in [2.05, 4.69) is 37.2 Å². The minimum Gasteiger partial charge on any atom is -0.314 e. The van der Waals surface area contributed by atoms with Crippen LogP contribution in [0.1, 0.15) is 25.0 Å². The molecule has 74 valence electrons. The molecule has 1 nitrogen and oxygen atoms in total. The molecule has 0 aliphatic heterocycles. The average Bonchev–Trinajstić information content (AvgIpc) is 2.19. The molecule has 1 aromatic rings. The van der Waals surface area contributed by atoms with E-state index >= 15 is 0 Å². The summed E-state index contributed by atoms with van der Waals surface area (Å²) < 4.78 is 0. The van der Waals surface area contributed by atoms with Gasteiger partial charge in [0.1, 0.15) is 0 Å². The van der Waals surface area contributed by atoms with Gasteiger partial charge >= 0.3 is 0 Å². The van der Waals surface area contributed by atoms with Crippen LogP contribution in [0.3, 0.4) is 0 Å². The van der Waals surface area contributed by atoms with Crippen molar-refractivity contribution in [3.63, 3.8) is 0 Å². The lowest BCUT2D eigenvalue weighted by Crippen LogP contribution is -2.38. The fraction of sp³-hybridized carbons (Fsp3) is 0.385. The van der Waals surface area contributed by atoms with Crippen molar-refractivity contribution in [1.82, 2.24) is 5.32 Å². The normalized spacial score (nSPS) is 11.0. The third-order valence-electron chi connectivity index (χ3n) is 2.44. The van der Waals surface area contributed by atoms with E-state index < -0.39 is 0 Å². The minimum absolute atomic E-state index is 0.137. The Morgan fingerprint density at radius 3 is 2.29 bits per heavy atom. The molecule has 0 saturated heterocycles. The van der Waals surface area contributed by atoms with E-state index in [1.54, 1.807) is 0 Å². The molecule has 1 rings (SSSR count). The molecule has 14 heavy (non-hydrogen) atoms. The zero-order valence-electron chi connectivity index (χ0n) is 9.09. The first kappa shape index (κ1) is 10.8. The first-order valence-electron chi connectivity index (χ1n) is 4.82. The molecule has 1 N–H and O–H groups in total. The summed E-state index contributed by atoms with van der Waals surface area (Å²) in [6.45, 7) is 4.37. The smallest absolute Gasteiger partial charge is 0.0242 e. The van der Waals surface area contributed by atoms with Crippen molar-refractivity contribution in [2.45, 2.75) is 25.8 Å². The predicted octanol–water partition coefficient (Wildman–Crippen LogP) is 2.21. The van der Waals surface area contributed by atoms with Gasteiger partial charge in [-0.25, -0.2) is 0 Å². The minimum atomic E-state index is 0.137. The zero-order valence-corrected chi connectivity index (χ0v) is 9.09. The van der Waals surface area contributed by atoms with E-state index in [4.69, 9.17) is 6.42 Å². The van der Waals surface area contributed by atoms with E-state index in [1.165, 1.54) is 5.56 Å². The lowest BCUT2D eigenvalue weighted by atomic mass is 9.95. The van der Waals surface area contributed by atoms with Gasteiger partial charge in [0.25, 0.3) is 0 Å². The number of benzene rings is 1. The Balaban J connectivity index is 2.75. The molecule has 0 saturated carbocycles. The number of terminal acetylenes is 1. The Morgan fingerprint density at radius 1 is 1.29 bits per heavy atom. The summed E-state index contributed by atoms with van der Waals surface area (Å²) in [6.07, 6.45) is 6.30. The van der Waals surface area contributed by atoms with Crippen molar-refractivity contribution in [3.05, 3.63) is 35.4 Å². The van der Waals surface area contributed by atoms with Gasteiger partial charge in [0.2, 0.25) is 0 Å². The molecule has 1 heteroatoms. The molecule has 0 spiro atoms. The topological polar surface area (TPSA) is 12.0 Å².